The van der Waals surface area contributed by atoms with E-state index in [1.807, 2.05) is 0 Å². The molecule has 5 heteroatoms. The van der Waals surface area contributed by atoms with Gasteiger partial charge in [0.2, 0.25) is 0 Å². The van der Waals surface area contributed by atoms with Gasteiger partial charge in [-0.15, -0.1) is 0 Å². The van der Waals surface area contributed by atoms with E-state index < -0.39 is 29.1 Å². The Labute approximate surface area is 97.2 Å². The second-order valence-corrected chi connectivity index (χ2v) is 4.46. The lowest BCUT2D eigenvalue weighted by atomic mass is 9.62. The van der Waals surface area contributed by atoms with Gasteiger partial charge in [0.05, 0.1) is 5.41 Å². The van der Waals surface area contributed by atoms with Gasteiger partial charge in [0.15, 0.2) is 0 Å². The predicted molar refractivity (Wildman–Crippen MR) is 57.2 cm³/mol. The number of nitrogens with two attached hydrogens (primary N) is 1. The number of carbonyl (C=O) groups is 1. The normalized spacial score (nSPS) is 19.5. The second kappa shape index (κ2) is 4.07. The van der Waals surface area contributed by atoms with Crippen LogP contribution in [-0.2, 0) is 4.79 Å². The van der Waals surface area contributed by atoms with Crippen molar-refractivity contribution in [2.45, 2.75) is 25.3 Å². The van der Waals surface area contributed by atoms with E-state index in [-0.39, 0.29) is 5.56 Å². The van der Waals surface area contributed by atoms with E-state index in [9.17, 15) is 18.7 Å². The van der Waals surface area contributed by atoms with Crippen LogP contribution in [0.5, 0.6) is 0 Å². The van der Waals surface area contributed by atoms with Crippen molar-refractivity contribution < 1.29 is 18.7 Å². The van der Waals surface area contributed by atoms with Crippen LogP contribution in [0.25, 0.3) is 0 Å². The highest BCUT2D eigenvalue weighted by Crippen LogP contribution is 2.49. The molecule has 1 aliphatic carbocycles. The van der Waals surface area contributed by atoms with Crippen LogP contribution in [0.15, 0.2) is 18.2 Å². The molecule has 0 bridgehead atoms. The highest BCUT2D eigenvalue weighted by molar-refractivity contribution is 5.77. The van der Waals surface area contributed by atoms with Gasteiger partial charge in [0.1, 0.15) is 11.6 Å². The van der Waals surface area contributed by atoms with Crippen molar-refractivity contribution in [1.82, 2.24) is 0 Å². The number of hydrogen-bond donors (Lipinski definition) is 2. The van der Waals surface area contributed by atoms with E-state index >= 15 is 0 Å². The lowest BCUT2D eigenvalue weighted by Gasteiger charge is -2.42. The van der Waals surface area contributed by atoms with E-state index in [0.29, 0.717) is 12.8 Å². The van der Waals surface area contributed by atoms with Crippen molar-refractivity contribution in [3.05, 3.63) is 35.4 Å². The first kappa shape index (κ1) is 12.0. The van der Waals surface area contributed by atoms with Crippen molar-refractivity contribution in [3.63, 3.8) is 0 Å². The lowest BCUT2D eigenvalue weighted by Crippen LogP contribution is -2.47. The summed E-state index contributed by atoms with van der Waals surface area (Å²) in [7, 11) is 0. The van der Waals surface area contributed by atoms with Crippen molar-refractivity contribution in [2.24, 2.45) is 11.1 Å². The Morgan fingerprint density at radius 2 is 2.06 bits per heavy atom. The number of benzene rings is 1. The molecule has 1 aliphatic rings. The first-order chi connectivity index (χ1) is 7.97. The molecular weight excluding hydrogens is 228 g/mol. The third kappa shape index (κ3) is 1.80. The Morgan fingerprint density at radius 3 is 2.47 bits per heavy atom. The van der Waals surface area contributed by atoms with E-state index in [1.165, 1.54) is 6.07 Å². The number of rotatable bonds is 3. The molecule has 0 radical (unpaired) electrons. The summed E-state index contributed by atoms with van der Waals surface area (Å²) >= 11 is 0. The van der Waals surface area contributed by atoms with Crippen molar-refractivity contribution in [3.8, 4) is 0 Å². The number of aliphatic carboxylic acids is 1. The lowest BCUT2D eigenvalue weighted by molar-refractivity contribution is -0.156. The summed E-state index contributed by atoms with van der Waals surface area (Å²) in [5.74, 6) is -2.50. The molecule has 1 unspecified atom stereocenters. The Morgan fingerprint density at radius 1 is 1.41 bits per heavy atom. The van der Waals surface area contributed by atoms with Crippen LogP contribution in [0.4, 0.5) is 8.78 Å². The quantitative estimate of drug-likeness (QED) is 0.852. The van der Waals surface area contributed by atoms with Gasteiger partial charge >= 0.3 is 5.97 Å². The van der Waals surface area contributed by atoms with Crippen molar-refractivity contribution in [1.29, 1.82) is 0 Å². The molecule has 0 spiro atoms. The summed E-state index contributed by atoms with van der Waals surface area (Å²) in [6, 6.07) is 2.10. The second-order valence-electron chi connectivity index (χ2n) is 4.46. The van der Waals surface area contributed by atoms with Gasteiger partial charge in [-0.2, -0.15) is 0 Å². The fourth-order valence-corrected chi connectivity index (χ4v) is 2.27. The molecular formula is C12H13F2NO2. The van der Waals surface area contributed by atoms with Crippen LogP contribution >= 0.6 is 0 Å². The Bertz CT molecular complexity index is 458. The van der Waals surface area contributed by atoms with Gasteiger partial charge in [0.25, 0.3) is 0 Å². The SMILES string of the molecule is NC(c1ccc(F)cc1F)C1(C(=O)O)CCC1. The van der Waals surface area contributed by atoms with E-state index in [0.717, 1.165) is 18.6 Å². The van der Waals surface area contributed by atoms with E-state index in [2.05, 4.69) is 0 Å². The first-order valence-electron chi connectivity index (χ1n) is 5.41. The highest BCUT2D eigenvalue weighted by Gasteiger charge is 2.50. The fourth-order valence-electron chi connectivity index (χ4n) is 2.27. The smallest absolute Gasteiger partial charge is 0.311 e. The molecule has 1 aromatic carbocycles. The minimum absolute atomic E-state index is 0.0634. The summed E-state index contributed by atoms with van der Waals surface area (Å²) in [6.45, 7) is 0. The molecule has 3 nitrogen and oxygen atoms in total. The van der Waals surface area contributed by atoms with Gasteiger partial charge in [-0.3, -0.25) is 4.79 Å². The Balaban J connectivity index is 2.36. The molecule has 1 fully saturated rings. The summed E-state index contributed by atoms with van der Waals surface area (Å²) in [6.07, 6.45) is 1.63. The molecule has 1 atom stereocenters. The summed E-state index contributed by atoms with van der Waals surface area (Å²) in [5, 5.41) is 9.18. The molecule has 92 valence electrons. The average molecular weight is 241 g/mol. The molecule has 1 aromatic rings. The maximum atomic E-state index is 13.5. The fraction of sp³-hybridized carbons (Fsp3) is 0.417. The molecule has 1 saturated carbocycles. The number of carboxylic acid groups (broad SMARTS) is 1. The van der Waals surface area contributed by atoms with Crippen LogP contribution in [0.2, 0.25) is 0 Å². The third-order valence-corrected chi connectivity index (χ3v) is 3.56. The van der Waals surface area contributed by atoms with Crippen molar-refractivity contribution in [2.75, 3.05) is 0 Å². The molecule has 3 N–H and O–H groups in total. The zero-order chi connectivity index (χ0) is 12.6. The minimum atomic E-state index is -1.10. The molecule has 0 aromatic heterocycles. The van der Waals surface area contributed by atoms with Gasteiger partial charge in [-0.25, -0.2) is 8.78 Å². The summed E-state index contributed by atoms with van der Waals surface area (Å²) in [4.78, 5) is 11.2. The van der Waals surface area contributed by atoms with Gasteiger partial charge in [0, 0.05) is 17.7 Å². The van der Waals surface area contributed by atoms with Gasteiger partial charge in [-0.1, -0.05) is 12.5 Å². The summed E-state index contributed by atoms with van der Waals surface area (Å²) in [5.41, 5.74) is 4.81. The van der Waals surface area contributed by atoms with E-state index in [4.69, 9.17) is 5.73 Å². The number of carboxylic acids is 1. The predicted octanol–water partition coefficient (Wildman–Crippen LogP) is 2.22. The molecule has 0 heterocycles. The maximum absolute atomic E-state index is 13.5. The molecule has 0 aliphatic heterocycles. The number of hydrogen-bond acceptors (Lipinski definition) is 2. The van der Waals surface area contributed by atoms with Crippen molar-refractivity contribution >= 4 is 5.97 Å². The topological polar surface area (TPSA) is 63.3 Å². The van der Waals surface area contributed by atoms with Gasteiger partial charge in [-0.05, 0) is 18.9 Å². The standard InChI is InChI=1S/C12H13F2NO2/c13-7-2-3-8(9(14)6-7)10(15)12(11(16)17)4-1-5-12/h2-3,6,10H,1,4-5,15H2,(H,16,17). The zero-order valence-corrected chi connectivity index (χ0v) is 9.12. The van der Waals surface area contributed by atoms with Crippen LogP contribution in [-0.4, -0.2) is 11.1 Å². The Hall–Kier alpha value is -1.49. The minimum Gasteiger partial charge on any atom is -0.481 e. The summed E-state index contributed by atoms with van der Waals surface area (Å²) < 4.78 is 26.3. The highest BCUT2D eigenvalue weighted by atomic mass is 19.1. The van der Waals surface area contributed by atoms with Crippen LogP contribution in [0.3, 0.4) is 0 Å². The third-order valence-electron chi connectivity index (χ3n) is 3.56. The molecule has 17 heavy (non-hydrogen) atoms. The molecule has 2 rings (SSSR count). The van der Waals surface area contributed by atoms with Crippen LogP contribution < -0.4 is 5.73 Å². The first-order valence-corrected chi connectivity index (χ1v) is 5.41. The van der Waals surface area contributed by atoms with E-state index in [1.54, 1.807) is 0 Å². The average Bonchev–Trinajstić information content (AvgIpc) is 2.14. The maximum Gasteiger partial charge on any atom is 0.311 e. The van der Waals surface area contributed by atoms with Crippen LogP contribution in [0.1, 0.15) is 30.9 Å². The van der Waals surface area contributed by atoms with Gasteiger partial charge < -0.3 is 10.8 Å². The number of halogens is 2. The van der Waals surface area contributed by atoms with Crippen LogP contribution in [0, 0.1) is 17.0 Å². The molecule has 0 saturated heterocycles. The largest absolute Gasteiger partial charge is 0.481 e. The Kier molecular flexibility index (Phi) is 2.87. The molecule has 0 amide bonds. The monoisotopic (exact) mass is 241 g/mol. The zero-order valence-electron chi connectivity index (χ0n) is 9.12.